The van der Waals surface area contributed by atoms with E-state index in [0.717, 1.165) is 19.3 Å². The molecule has 3 heteroatoms. The van der Waals surface area contributed by atoms with Gasteiger partial charge in [-0.2, -0.15) is 0 Å². The largest absolute Gasteiger partial charge is 0.479 e. The monoisotopic (exact) mass is 198 g/mol. The Morgan fingerprint density at radius 2 is 1.93 bits per heavy atom. The average Bonchev–Trinajstić information content (AvgIpc) is 2.99. The van der Waals surface area contributed by atoms with Crippen LogP contribution in [0.15, 0.2) is 0 Å². The standard InChI is InChI=1S/C11H18O3/c12-10(13)11(6-2-1-3-7-11)14-8-9-4-5-9/h9H,1-8H2,(H,12,13). The first-order valence-corrected chi connectivity index (χ1v) is 5.60. The van der Waals surface area contributed by atoms with Crippen molar-refractivity contribution in [3.8, 4) is 0 Å². The van der Waals surface area contributed by atoms with Crippen molar-refractivity contribution in [1.29, 1.82) is 0 Å². The molecule has 0 unspecified atom stereocenters. The van der Waals surface area contributed by atoms with Gasteiger partial charge in [0, 0.05) is 0 Å². The predicted molar refractivity (Wildman–Crippen MR) is 52.1 cm³/mol. The van der Waals surface area contributed by atoms with E-state index in [1.165, 1.54) is 12.8 Å². The molecule has 1 N–H and O–H groups in total. The molecule has 0 aromatic rings. The first-order chi connectivity index (χ1) is 6.73. The van der Waals surface area contributed by atoms with Crippen LogP contribution >= 0.6 is 0 Å². The van der Waals surface area contributed by atoms with Crippen LogP contribution < -0.4 is 0 Å². The Morgan fingerprint density at radius 3 is 2.43 bits per heavy atom. The van der Waals surface area contributed by atoms with Crippen molar-refractivity contribution in [3.05, 3.63) is 0 Å². The van der Waals surface area contributed by atoms with Crippen molar-refractivity contribution in [3.63, 3.8) is 0 Å². The number of carboxylic acids is 1. The van der Waals surface area contributed by atoms with E-state index in [2.05, 4.69) is 0 Å². The molecule has 80 valence electrons. The van der Waals surface area contributed by atoms with Crippen molar-refractivity contribution in [2.75, 3.05) is 6.61 Å². The van der Waals surface area contributed by atoms with E-state index >= 15 is 0 Å². The molecule has 3 nitrogen and oxygen atoms in total. The lowest BCUT2D eigenvalue weighted by Crippen LogP contribution is -2.43. The fraction of sp³-hybridized carbons (Fsp3) is 0.909. The van der Waals surface area contributed by atoms with E-state index in [-0.39, 0.29) is 0 Å². The van der Waals surface area contributed by atoms with Gasteiger partial charge in [0.1, 0.15) is 0 Å². The van der Waals surface area contributed by atoms with Crippen molar-refractivity contribution in [2.24, 2.45) is 5.92 Å². The molecule has 0 amide bonds. The Hall–Kier alpha value is -0.570. The second-order valence-corrected chi connectivity index (χ2v) is 4.61. The Morgan fingerprint density at radius 1 is 1.29 bits per heavy atom. The second kappa shape index (κ2) is 3.89. The maximum Gasteiger partial charge on any atom is 0.335 e. The van der Waals surface area contributed by atoms with Gasteiger partial charge in [0.2, 0.25) is 0 Å². The highest BCUT2D eigenvalue weighted by Gasteiger charge is 2.41. The van der Waals surface area contributed by atoms with Crippen LogP contribution in [-0.4, -0.2) is 23.3 Å². The minimum atomic E-state index is -0.832. The molecule has 0 heterocycles. The maximum atomic E-state index is 11.2. The van der Waals surface area contributed by atoms with Gasteiger partial charge in [-0.25, -0.2) is 4.79 Å². The molecule has 2 rings (SSSR count). The Kier molecular flexibility index (Phi) is 2.77. The normalized spacial score (nSPS) is 26.0. The van der Waals surface area contributed by atoms with Gasteiger partial charge in [-0.15, -0.1) is 0 Å². The molecule has 0 aromatic heterocycles. The van der Waals surface area contributed by atoms with Gasteiger partial charge in [0.25, 0.3) is 0 Å². The van der Waals surface area contributed by atoms with E-state index in [1.54, 1.807) is 0 Å². The Labute approximate surface area is 84.4 Å². The van der Waals surface area contributed by atoms with Crippen LogP contribution in [0, 0.1) is 5.92 Å². The molecule has 2 fully saturated rings. The van der Waals surface area contributed by atoms with Crippen LogP contribution in [0.3, 0.4) is 0 Å². The van der Waals surface area contributed by atoms with Crippen molar-refractivity contribution in [1.82, 2.24) is 0 Å². The summed E-state index contributed by atoms with van der Waals surface area (Å²) in [5.41, 5.74) is -0.832. The summed E-state index contributed by atoms with van der Waals surface area (Å²) in [6, 6.07) is 0. The molecule has 0 atom stereocenters. The Balaban J connectivity index is 1.92. The number of aliphatic carboxylic acids is 1. The van der Waals surface area contributed by atoms with Gasteiger partial charge in [-0.3, -0.25) is 0 Å². The van der Waals surface area contributed by atoms with Crippen LogP contribution in [-0.2, 0) is 9.53 Å². The van der Waals surface area contributed by atoms with E-state index in [0.29, 0.717) is 25.4 Å². The zero-order valence-corrected chi connectivity index (χ0v) is 8.50. The molecule has 14 heavy (non-hydrogen) atoms. The number of ether oxygens (including phenoxy) is 1. The second-order valence-electron chi connectivity index (χ2n) is 4.61. The van der Waals surface area contributed by atoms with Crippen LogP contribution in [0.4, 0.5) is 0 Å². The maximum absolute atomic E-state index is 11.2. The van der Waals surface area contributed by atoms with Gasteiger partial charge in [0.05, 0.1) is 6.61 Å². The first kappa shape index (κ1) is 9.97. The van der Waals surface area contributed by atoms with Crippen LogP contribution in [0.5, 0.6) is 0 Å². The number of carboxylic acid groups (broad SMARTS) is 1. The third-order valence-corrected chi connectivity index (χ3v) is 3.34. The van der Waals surface area contributed by atoms with Gasteiger partial charge in [-0.05, 0) is 44.4 Å². The van der Waals surface area contributed by atoms with Gasteiger partial charge in [-0.1, -0.05) is 6.42 Å². The molecule has 0 spiro atoms. The molecular formula is C11H18O3. The summed E-state index contributed by atoms with van der Waals surface area (Å²) < 4.78 is 5.66. The molecule has 2 aliphatic rings. The van der Waals surface area contributed by atoms with Crippen LogP contribution in [0.2, 0.25) is 0 Å². The zero-order valence-electron chi connectivity index (χ0n) is 8.50. The molecule has 0 radical (unpaired) electrons. The summed E-state index contributed by atoms with van der Waals surface area (Å²) in [7, 11) is 0. The summed E-state index contributed by atoms with van der Waals surface area (Å²) in [6.45, 7) is 0.659. The van der Waals surface area contributed by atoms with Crippen molar-refractivity contribution >= 4 is 5.97 Å². The third-order valence-electron chi connectivity index (χ3n) is 3.34. The Bertz CT molecular complexity index is 215. The molecule has 0 saturated heterocycles. The molecule has 2 saturated carbocycles. The van der Waals surface area contributed by atoms with Gasteiger partial charge in [0.15, 0.2) is 5.60 Å². The number of hydrogen-bond acceptors (Lipinski definition) is 2. The quantitative estimate of drug-likeness (QED) is 0.753. The first-order valence-electron chi connectivity index (χ1n) is 5.60. The highest BCUT2D eigenvalue weighted by Crippen LogP contribution is 2.36. The van der Waals surface area contributed by atoms with Crippen LogP contribution in [0.25, 0.3) is 0 Å². The lowest BCUT2D eigenvalue weighted by molar-refractivity contribution is -0.171. The highest BCUT2D eigenvalue weighted by atomic mass is 16.5. The summed E-state index contributed by atoms with van der Waals surface area (Å²) >= 11 is 0. The summed E-state index contributed by atoms with van der Waals surface area (Å²) in [4.78, 5) is 11.2. The summed E-state index contributed by atoms with van der Waals surface area (Å²) in [6.07, 6.45) is 6.99. The fourth-order valence-electron chi connectivity index (χ4n) is 2.10. The predicted octanol–water partition coefficient (Wildman–Crippen LogP) is 2.20. The van der Waals surface area contributed by atoms with Gasteiger partial charge < -0.3 is 9.84 Å². The molecule has 0 bridgehead atoms. The molecular weight excluding hydrogens is 180 g/mol. The summed E-state index contributed by atoms with van der Waals surface area (Å²) in [5, 5.41) is 9.20. The number of rotatable bonds is 4. The lowest BCUT2D eigenvalue weighted by Gasteiger charge is -2.33. The highest BCUT2D eigenvalue weighted by molar-refractivity contribution is 5.77. The lowest BCUT2D eigenvalue weighted by atomic mass is 9.84. The molecule has 0 aliphatic heterocycles. The smallest absolute Gasteiger partial charge is 0.335 e. The number of carbonyl (C=O) groups is 1. The van der Waals surface area contributed by atoms with Crippen LogP contribution in [0.1, 0.15) is 44.9 Å². The van der Waals surface area contributed by atoms with E-state index in [9.17, 15) is 9.90 Å². The SMILES string of the molecule is O=C(O)C1(OCC2CC2)CCCCC1. The average molecular weight is 198 g/mol. The topological polar surface area (TPSA) is 46.5 Å². The number of hydrogen-bond donors (Lipinski definition) is 1. The fourth-order valence-corrected chi connectivity index (χ4v) is 2.10. The summed E-state index contributed by atoms with van der Waals surface area (Å²) in [5.74, 6) is -0.106. The zero-order chi connectivity index (χ0) is 10.0. The van der Waals surface area contributed by atoms with Gasteiger partial charge >= 0.3 is 5.97 Å². The molecule has 2 aliphatic carbocycles. The van der Waals surface area contributed by atoms with E-state index in [1.807, 2.05) is 0 Å². The minimum absolute atomic E-state index is 0.646. The van der Waals surface area contributed by atoms with Crippen molar-refractivity contribution in [2.45, 2.75) is 50.5 Å². The minimum Gasteiger partial charge on any atom is -0.479 e. The van der Waals surface area contributed by atoms with Crippen molar-refractivity contribution < 1.29 is 14.6 Å². The molecule has 0 aromatic carbocycles. The third kappa shape index (κ3) is 2.08. The van der Waals surface area contributed by atoms with E-state index < -0.39 is 11.6 Å². The van der Waals surface area contributed by atoms with E-state index in [4.69, 9.17) is 4.74 Å².